The molecule has 2 N–H and O–H groups in total. The highest BCUT2D eigenvalue weighted by Gasteiger charge is 2.64. The summed E-state index contributed by atoms with van der Waals surface area (Å²) in [6, 6.07) is 0. The molecule has 0 aromatic carbocycles. The lowest BCUT2D eigenvalue weighted by atomic mass is 9.46. The summed E-state index contributed by atoms with van der Waals surface area (Å²) in [7, 11) is 0. The quantitative estimate of drug-likeness (QED) is 0.708. The maximum Gasteiger partial charge on any atom is 0.303 e. The van der Waals surface area contributed by atoms with Crippen LogP contribution in [0, 0.1) is 28.6 Å². The molecule has 25 heavy (non-hydrogen) atoms. The van der Waals surface area contributed by atoms with E-state index in [4.69, 9.17) is 9.47 Å². The molecule has 3 aliphatic carbocycles. The van der Waals surface area contributed by atoms with Gasteiger partial charge in [-0.05, 0) is 55.8 Å². The minimum Gasteiger partial charge on any atom is -0.459 e. The molecule has 3 saturated carbocycles. The first-order chi connectivity index (χ1) is 11.8. The molecule has 4 aliphatic rings. The van der Waals surface area contributed by atoms with Crippen LogP contribution in [0.2, 0.25) is 0 Å². The lowest BCUT2D eigenvalue weighted by molar-refractivity contribution is -0.192. The summed E-state index contributed by atoms with van der Waals surface area (Å²) in [4.78, 5) is 11.5. The van der Waals surface area contributed by atoms with Crippen LogP contribution in [0.4, 0.5) is 0 Å². The van der Waals surface area contributed by atoms with E-state index in [0.717, 1.165) is 38.5 Å². The Hall–Kier alpha value is -0.650. The largest absolute Gasteiger partial charge is 0.459 e. The molecule has 0 aromatic rings. The first-order valence-electron chi connectivity index (χ1n) is 9.90. The summed E-state index contributed by atoms with van der Waals surface area (Å²) in [5, 5.41) is 21.1. The zero-order valence-electron chi connectivity index (χ0n) is 15.6. The number of rotatable bonds is 1. The molecular formula is C20H32O5. The molecule has 5 nitrogen and oxygen atoms in total. The number of hydrogen-bond donors (Lipinski definition) is 2. The van der Waals surface area contributed by atoms with Crippen molar-refractivity contribution in [3.8, 4) is 0 Å². The molecule has 0 spiro atoms. The fourth-order valence-corrected chi connectivity index (χ4v) is 6.79. The van der Waals surface area contributed by atoms with Crippen molar-refractivity contribution >= 4 is 5.97 Å². The lowest BCUT2D eigenvalue weighted by Crippen LogP contribution is -2.61. The second-order valence-corrected chi connectivity index (χ2v) is 9.51. The van der Waals surface area contributed by atoms with Crippen molar-refractivity contribution in [1.29, 1.82) is 0 Å². The van der Waals surface area contributed by atoms with Gasteiger partial charge in [0.2, 0.25) is 0 Å². The van der Waals surface area contributed by atoms with Crippen LogP contribution in [-0.2, 0) is 14.3 Å². The van der Waals surface area contributed by atoms with E-state index in [1.165, 1.54) is 6.92 Å². The highest BCUT2D eigenvalue weighted by molar-refractivity contribution is 5.66. The minimum absolute atomic E-state index is 0.0461. The van der Waals surface area contributed by atoms with E-state index >= 15 is 0 Å². The second-order valence-electron chi connectivity index (χ2n) is 9.51. The lowest BCUT2D eigenvalue weighted by Gasteiger charge is -2.61. The number of aliphatic hydroxyl groups is 2. The fourth-order valence-electron chi connectivity index (χ4n) is 6.79. The van der Waals surface area contributed by atoms with Gasteiger partial charge >= 0.3 is 5.97 Å². The molecule has 4 fully saturated rings. The van der Waals surface area contributed by atoms with Crippen LogP contribution >= 0.6 is 0 Å². The summed E-state index contributed by atoms with van der Waals surface area (Å²) in [5.41, 5.74) is -0.0292. The van der Waals surface area contributed by atoms with Crippen LogP contribution in [-0.4, -0.2) is 47.2 Å². The first kappa shape index (κ1) is 17.7. The normalized spacial score (nSPS) is 55.0. The van der Waals surface area contributed by atoms with E-state index in [1.807, 2.05) is 0 Å². The van der Waals surface area contributed by atoms with Crippen LogP contribution in [0.5, 0.6) is 0 Å². The molecule has 5 unspecified atom stereocenters. The molecule has 0 amide bonds. The zero-order chi connectivity index (χ0) is 18.0. The predicted molar refractivity (Wildman–Crippen MR) is 91.7 cm³/mol. The Morgan fingerprint density at radius 2 is 1.84 bits per heavy atom. The van der Waals surface area contributed by atoms with Crippen molar-refractivity contribution in [3.63, 3.8) is 0 Å². The van der Waals surface area contributed by atoms with Gasteiger partial charge in [-0.2, -0.15) is 0 Å². The molecule has 5 heteroatoms. The SMILES string of the molecule is CC(=O)O[C@H]1COC2C3C(O)CC4C[C@@H](O)CC[C@]4(C)C3CC[C@@]21C. The zero-order valence-corrected chi connectivity index (χ0v) is 15.6. The monoisotopic (exact) mass is 352 g/mol. The van der Waals surface area contributed by atoms with Crippen LogP contribution in [0.1, 0.15) is 59.3 Å². The number of esters is 1. The van der Waals surface area contributed by atoms with Gasteiger partial charge in [-0.1, -0.05) is 13.8 Å². The van der Waals surface area contributed by atoms with Crippen LogP contribution < -0.4 is 0 Å². The summed E-state index contributed by atoms with van der Waals surface area (Å²) in [6.45, 7) is 6.43. The Morgan fingerprint density at radius 3 is 2.56 bits per heavy atom. The third-order valence-electron chi connectivity index (χ3n) is 8.25. The standard InChI is InChI=1S/C20H32O5/c1-11(21)25-16-10-24-18-17-14(5-7-20(16,18)3)19(2)6-4-13(22)8-12(19)9-15(17)23/h12-18,22-23H,4-10H2,1-3H3/t12?,13-,14?,15?,16-,17?,18?,19-,20+/m0/s1. The highest BCUT2D eigenvalue weighted by Crippen LogP contribution is 2.63. The van der Waals surface area contributed by atoms with Crippen molar-refractivity contribution < 1.29 is 24.5 Å². The number of fused-ring (bicyclic) bond motifs is 5. The Balaban J connectivity index is 1.62. The average Bonchev–Trinajstić information content (AvgIpc) is 2.85. The molecule has 0 aromatic heterocycles. The molecular weight excluding hydrogens is 320 g/mol. The van der Waals surface area contributed by atoms with E-state index in [1.54, 1.807) is 0 Å². The Labute approximate surface area is 150 Å². The minimum atomic E-state index is -0.394. The van der Waals surface area contributed by atoms with Crippen molar-refractivity contribution in [2.75, 3.05) is 6.61 Å². The molecule has 4 rings (SSSR count). The molecule has 142 valence electrons. The van der Waals surface area contributed by atoms with Gasteiger partial charge in [0.15, 0.2) is 0 Å². The predicted octanol–water partition coefficient (Wildman–Crippen LogP) is 2.28. The maximum absolute atomic E-state index is 11.5. The van der Waals surface area contributed by atoms with Crippen LogP contribution in [0.3, 0.4) is 0 Å². The van der Waals surface area contributed by atoms with E-state index in [9.17, 15) is 15.0 Å². The first-order valence-corrected chi connectivity index (χ1v) is 9.90. The molecule has 1 saturated heterocycles. The van der Waals surface area contributed by atoms with Crippen molar-refractivity contribution in [2.45, 2.75) is 83.7 Å². The smallest absolute Gasteiger partial charge is 0.303 e. The van der Waals surface area contributed by atoms with Crippen LogP contribution in [0.25, 0.3) is 0 Å². The molecule has 1 heterocycles. The van der Waals surface area contributed by atoms with E-state index in [2.05, 4.69) is 13.8 Å². The van der Waals surface area contributed by atoms with Gasteiger partial charge in [-0.25, -0.2) is 0 Å². The Morgan fingerprint density at radius 1 is 1.12 bits per heavy atom. The molecule has 0 radical (unpaired) electrons. The number of carbonyl (C=O) groups is 1. The van der Waals surface area contributed by atoms with Crippen molar-refractivity contribution in [3.05, 3.63) is 0 Å². The third kappa shape index (κ3) is 2.57. The number of aliphatic hydroxyl groups excluding tert-OH is 2. The van der Waals surface area contributed by atoms with E-state index in [-0.39, 0.29) is 41.0 Å². The fraction of sp³-hybridized carbons (Fsp3) is 0.950. The summed E-state index contributed by atoms with van der Waals surface area (Å²) >= 11 is 0. The van der Waals surface area contributed by atoms with Crippen molar-refractivity contribution in [2.24, 2.45) is 28.6 Å². The van der Waals surface area contributed by atoms with Gasteiger partial charge in [0.25, 0.3) is 0 Å². The van der Waals surface area contributed by atoms with Crippen LogP contribution in [0.15, 0.2) is 0 Å². The van der Waals surface area contributed by atoms with Gasteiger partial charge < -0.3 is 19.7 Å². The van der Waals surface area contributed by atoms with Crippen molar-refractivity contribution in [1.82, 2.24) is 0 Å². The van der Waals surface area contributed by atoms with Gasteiger partial charge in [-0.3, -0.25) is 4.79 Å². The molecule has 0 bridgehead atoms. The molecule has 9 atom stereocenters. The summed E-state index contributed by atoms with van der Waals surface area (Å²) in [6.07, 6.45) is 4.61. The highest BCUT2D eigenvalue weighted by atomic mass is 16.6. The Bertz CT molecular complexity index is 550. The maximum atomic E-state index is 11.5. The second kappa shape index (κ2) is 5.93. The number of hydrogen-bond acceptors (Lipinski definition) is 5. The number of ether oxygens (including phenoxy) is 2. The van der Waals surface area contributed by atoms with E-state index in [0.29, 0.717) is 18.4 Å². The molecule has 1 aliphatic heterocycles. The van der Waals surface area contributed by atoms with Gasteiger partial charge in [0.1, 0.15) is 6.10 Å². The number of carbonyl (C=O) groups excluding carboxylic acids is 1. The third-order valence-corrected chi connectivity index (χ3v) is 8.25. The topological polar surface area (TPSA) is 76.0 Å². The van der Waals surface area contributed by atoms with Gasteiger partial charge in [0, 0.05) is 18.3 Å². The summed E-state index contributed by atoms with van der Waals surface area (Å²) < 4.78 is 11.7. The average molecular weight is 352 g/mol. The van der Waals surface area contributed by atoms with E-state index < -0.39 is 6.10 Å². The van der Waals surface area contributed by atoms with Gasteiger partial charge in [-0.15, -0.1) is 0 Å². The summed E-state index contributed by atoms with van der Waals surface area (Å²) in [5.74, 6) is 0.663. The Kier molecular flexibility index (Phi) is 4.21. The van der Waals surface area contributed by atoms with Gasteiger partial charge in [0.05, 0.1) is 24.9 Å².